The van der Waals surface area contributed by atoms with Crippen LogP contribution >= 0.6 is 0 Å². The first-order valence-corrected chi connectivity index (χ1v) is 7.87. The van der Waals surface area contributed by atoms with Crippen LogP contribution in [0.2, 0.25) is 0 Å². The number of carbonyl (C=O) groups excluding carboxylic acids is 2. The molecule has 2 N–H and O–H groups in total. The monoisotopic (exact) mass is 327 g/mol. The molecule has 4 rings (SSSR count). The minimum atomic E-state index is -0.148. The Labute approximate surface area is 138 Å². The summed E-state index contributed by atoms with van der Waals surface area (Å²) in [6.45, 7) is 1.14. The number of amides is 2. The van der Waals surface area contributed by atoms with Gasteiger partial charge in [0, 0.05) is 31.0 Å². The third-order valence-electron chi connectivity index (χ3n) is 4.38. The minimum Gasteiger partial charge on any atom is -0.366 e. The topological polar surface area (TPSA) is 100 Å². The van der Waals surface area contributed by atoms with Gasteiger partial charge in [0.2, 0.25) is 5.91 Å². The Balaban J connectivity index is 1.48. The Bertz CT molecular complexity index is 760. The molecule has 2 saturated heterocycles. The van der Waals surface area contributed by atoms with Gasteiger partial charge in [0.15, 0.2) is 0 Å². The molecule has 0 spiro atoms. The predicted molar refractivity (Wildman–Crippen MR) is 84.0 cm³/mol. The second-order valence-corrected chi connectivity index (χ2v) is 5.97. The van der Waals surface area contributed by atoms with E-state index in [4.69, 9.17) is 4.74 Å². The maximum Gasteiger partial charge on any atom is 0.271 e. The molecule has 2 aromatic rings. The van der Waals surface area contributed by atoms with Crippen LogP contribution in [0.5, 0.6) is 0 Å². The van der Waals surface area contributed by atoms with E-state index >= 15 is 0 Å². The van der Waals surface area contributed by atoms with Gasteiger partial charge < -0.3 is 15.0 Å². The zero-order chi connectivity index (χ0) is 16.5. The third kappa shape index (κ3) is 2.76. The third-order valence-corrected chi connectivity index (χ3v) is 4.38. The van der Waals surface area contributed by atoms with E-state index in [0.717, 1.165) is 5.56 Å². The van der Waals surface area contributed by atoms with E-state index in [1.165, 1.54) is 0 Å². The van der Waals surface area contributed by atoms with Crippen molar-refractivity contribution in [2.45, 2.75) is 18.6 Å². The summed E-state index contributed by atoms with van der Waals surface area (Å²) >= 11 is 0. The molecule has 2 amide bonds. The Hall–Kier alpha value is -2.74. The number of pyridine rings is 1. The smallest absolute Gasteiger partial charge is 0.271 e. The number of piperidine rings is 1. The molecule has 0 bridgehead atoms. The van der Waals surface area contributed by atoms with Gasteiger partial charge in [-0.15, -0.1) is 0 Å². The number of nitrogens with zero attached hydrogens (tertiary/aromatic N) is 3. The Morgan fingerprint density at radius 2 is 2.33 bits per heavy atom. The van der Waals surface area contributed by atoms with Crippen LogP contribution in [0, 0.1) is 0 Å². The van der Waals surface area contributed by atoms with Crippen LogP contribution in [0.3, 0.4) is 0 Å². The molecular formula is C16H17N5O3. The average molecular weight is 327 g/mol. The van der Waals surface area contributed by atoms with Gasteiger partial charge in [-0.3, -0.25) is 19.7 Å². The molecule has 2 aliphatic heterocycles. The lowest BCUT2D eigenvalue weighted by molar-refractivity contribution is -0.139. The van der Waals surface area contributed by atoms with Crippen molar-refractivity contribution in [1.29, 1.82) is 0 Å². The molecule has 24 heavy (non-hydrogen) atoms. The van der Waals surface area contributed by atoms with Crippen LogP contribution in [0.25, 0.3) is 11.3 Å². The predicted octanol–water partition coefficient (Wildman–Crippen LogP) is 0.201. The van der Waals surface area contributed by atoms with Crippen molar-refractivity contribution in [3.63, 3.8) is 0 Å². The molecule has 0 unspecified atom stereocenters. The number of nitrogens with one attached hydrogen (secondary N) is 2. The summed E-state index contributed by atoms with van der Waals surface area (Å²) < 4.78 is 5.51. The van der Waals surface area contributed by atoms with E-state index in [0.29, 0.717) is 30.9 Å². The summed E-state index contributed by atoms with van der Waals surface area (Å²) in [5.74, 6) is -0.262. The molecule has 2 atom stereocenters. The highest BCUT2D eigenvalue weighted by molar-refractivity contribution is 5.93. The van der Waals surface area contributed by atoms with E-state index in [1.54, 1.807) is 23.4 Å². The maximum atomic E-state index is 12.7. The number of hydrogen-bond donors (Lipinski definition) is 2. The first-order chi connectivity index (χ1) is 11.7. The molecule has 2 aliphatic rings. The molecule has 2 aromatic heterocycles. The molecule has 124 valence electrons. The van der Waals surface area contributed by atoms with Crippen molar-refractivity contribution in [3.8, 4) is 11.3 Å². The Kier molecular flexibility index (Phi) is 3.73. The Morgan fingerprint density at radius 1 is 1.42 bits per heavy atom. The number of carbonyl (C=O) groups is 2. The molecule has 0 aliphatic carbocycles. The van der Waals surface area contributed by atoms with Crippen molar-refractivity contribution in [3.05, 3.63) is 36.3 Å². The Morgan fingerprint density at radius 3 is 3.17 bits per heavy atom. The quantitative estimate of drug-likeness (QED) is 0.821. The lowest BCUT2D eigenvalue weighted by Crippen LogP contribution is -2.61. The summed E-state index contributed by atoms with van der Waals surface area (Å²) in [4.78, 5) is 29.9. The second-order valence-electron chi connectivity index (χ2n) is 5.97. The minimum absolute atomic E-state index is 0.0144. The molecule has 0 aromatic carbocycles. The van der Waals surface area contributed by atoms with Crippen LogP contribution in [0.1, 0.15) is 16.9 Å². The fourth-order valence-corrected chi connectivity index (χ4v) is 3.15. The molecule has 0 saturated carbocycles. The number of ether oxygens (including phenoxy) is 1. The summed E-state index contributed by atoms with van der Waals surface area (Å²) in [7, 11) is 0. The van der Waals surface area contributed by atoms with Gasteiger partial charge in [0.25, 0.3) is 5.91 Å². The average Bonchev–Trinajstić information content (AvgIpc) is 3.11. The highest BCUT2D eigenvalue weighted by atomic mass is 16.5. The summed E-state index contributed by atoms with van der Waals surface area (Å²) in [5.41, 5.74) is 1.95. The van der Waals surface area contributed by atoms with E-state index in [-0.39, 0.29) is 30.6 Å². The number of hydrogen-bond acceptors (Lipinski definition) is 5. The van der Waals surface area contributed by atoms with Crippen LogP contribution in [0.4, 0.5) is 0 Å². The van der Waals surface area contributed by atoms with Gasteiger partial charge >= 0.3 is 0 Å². The van der Waals surface area contributed by atoms with Crippen molar-refractivity contribution in [2.24, 2.45) is 0 Å². The lowest BCUT2D eigenvalue weighted by atomic mass is 10.00. The van der Waals surface area contributed by atoms with E-state index in [1.807, 2.05) is 12.1 Å². The first-order valence-electron chi connectivity index (χ1n) is 7.87. The SMILES string of the molecule is O=C1CO[C@H]2CCN(C(=O)c3cc(-c4cccnc4)n[nH]3)C[C@@H]2N1. The van der Waals surface area contributed by atoms with Crippen molar-refractivity contribution in [1.82, 2.24) is 25.4 Å². The van der Waals surface area contributed by atoms with Gasteiger partial charge in [0.05, 0.1) is 17.8 Å². The fourth-order valence-electron chi connectivity index (χ4n) is 3.15. The van der Waals surface area contributed by atoms with Gasteiger partial charge in [0.1, 0.15) is 12.3 Å². The number of rotatable bonds is 2. The number of fused-ring (bicyclic) bond motifs is 1. The van der Waals surface area contributed by atoms with Crippen molar-refractivity contribution in [2.75, 3.05) is 19.7 Å². The largest absolute Gasteiger partial charge is 0.366 e. The van der Waals surface area contributed by atoms with Gasteiger partial charge in [-0.05, 0) is 24.6 Å². The highest BCUT2D eigenvalue weighted by Gasteiger charge is 2.36. The van der Waals surface area contributed by atoms with Gasteiger partial charge in [-0.1, -0.05) is 0 Å². The highest BCUT2D eigenvalue weighted by Crippen LogP contribution is 2.21. The zero-order valence-electron chi connectivity index (χ0n) is 12.9. The molecule has 2 fully saturated rings. The van der Waals surface area contributed by atoms with E-state index < -0.39 is 0 Å². The van der Waals surface area contributed by atoms with E-state index in [9.17, 15) is 9.59 Å². The number of morpholine rings is 1. The lowest BCUT2D eigenvalue weighted by Gasteiger charge is -2.40. The van der Waals surface area contributed by atoms with Gasteiger partial charge in [-0.2, -0.15) is 5.10 Å². The van der Waals surface area contributed by atoms with Crippen molar-refractivity contribution < 1.29 is 14.3 Å². The number of aromatic nitrogens is 3. The molecule has 8 heteroatoms. The maximum absolute atomic E-state index is 12.7. The van der Waals surface area contributed by atoms with Gasteiger partial charge in [-0.25, -0.2) is 0 Å². The molecule has 8 nitrogen and oxygen atoms in total. The normalized spacial score (nSPS) is 23.5. The molecular weight excluding hydrogens is 310 g/mol. The molecule has 4 heterocycles. The van der Waals surface area contributed by atoms with Crippen LogP contribution in [-0.2, 0) is 9.53 Å². The second kappa shape index (κ2) is 6.04. The number of likely N-dealkylation sites (tertiary alicyclic amines) is 1. The standard InChI is InChI=1S/C16H17N5O3/c22-15-9-24-14-3-5-21(8-13(14)18-15)16(23)12-6-11(19-20-12)10-2-1-4-17-7-10/h1-2,4,6-7,13-14H,3,5,8-9H2,(H,18,22)(H,19,20)/t13-,14-/m0/s1. The summed E-state index contributed by atoms with van der Waals surface area (Å²) in [5, 5.41) is 9.88. The fraction of sp³-hybridized carbons (Fsp3) is 0.375. The van der Waals surface area contributed by atoms with Crippen LogP contribution in [0.15, 0.2) is 30.6 Å². The summed E-state index contributed by atoms with van der Waals surface area (Å²) in [6, 6.07) is 5.28. The van der Waals surface area contributed by atoms with E-state index in [2.05, 4.69) is 20.5 Å². The van der Waals surface area contributed by atoms with Crippen LogP contribution in [-0.4, -0.2) is 63.7 Å². The number of H-pyrrole nitrogens is 1. The molecule has 0 radical (unpaired) electrons. The van der Waals surface area contributed by atoms with Crippen molar-refractivity contribution >= 4 is 11.8 Å². The zero-order valence-corrected chi connectivity index (χ0v) is 12.9. The first kappa shape index (κ1) is 14.8. The summed E-state index contributed by atoms with van der Waals surface area (Å²) in [6.07, 6.45) is 4.08. The van der Waals surface area contributed by atoms with Crippen LogP contribution < -0.4 is 5.32 Å². The number of aromatic amines is 1.